The molecule has 4 rings (SSSR count). The van der Waals surface area contributed by atoms with E-state index in [0.29, 0.717) is 35.4 Å². The third-order valence-corrected chi connectivity index (χ3v) is 6.63. The number of benzene rings is 1. The van der Waals surface area contributed by atoms with Gasteiger partial charge in [0.2, 0.25) is 11.8 Å². The van der Waals surface area contributed by atoms with Gasteiger partial charge in [-0.05, 0) is 35.8 Å². The zero-order chi connectivity index (χ0) is 26.1. The molecule has 3 aliphatic rings. The van der Waals surface area contributed by atoms with Crippen molar-refractivity contribution in [1.29, 1.82) is 0 Å². The Hall–Kier alpha value is -3.39. The predicted molar refractivity (Wildman–Crippen MR) is 114 cm³/mol. The number of nitrogens with two attached hydrogens (primary N) is 1. The van der Waals surface area contributed by atoms with E-state index in [4.69, 9.17) is 15.6 Å². The Balaban J connectivity index is 0.000000429. The van der Waals surface area contributed by atoms with Gasteiger partial charge in [-0.2, -0.15) is 13.2 Å². The fourth-order valence-electron chi connectivity index (χ4n) is 3.67. The number of alkyl halides is 3. The number of hydrogen-bond acceptors (Lipinski definition) is 6. The number of carboxylic acids is 2. The lowest BCUT2D eigenvalue weighted by molar-refractivity contribution is -0.192. The van der Waals surface area contributed by atoms with Gasteiger partial charge in [0.25, 0.3) is 0 Å². The van der Waals surface area contributed by atoms with E-state index in [2.05, 4.69) is 0 Å². The van der Waals surface area contributed by atoms with Gasteiger partial charge >= 0.3 is 18.1 Å². The maximum atomic E-state index is 13.4. The Morgan fingerprint density at radius 2 is 1.89 bits per heavy atom. The number of likely N-dealkylation sites (tertiary alicyclic amines) is 1. The highest BCUT2D eigenvalue weighted by Crippen LogP contribution is 2.40. The van der Waals surface area contributed by atoms with Crippen molar-refractivity contribution in [2.75, 3.05) is 12.3 Å². The third kappa shape index (κ3) is 5.65. The molecule has 0 aromatic heterocycles. The predicted octanol–water partition coefficient (Wildman–Crippen LogP) is 1.70. The van der Waals surface area contributed by atoms with Crippen molar-refractivity contribution in [1.82, 2.24) is 9.80 Å². The topological polar surface area (TPSA) is 141 Å². The molecule has 35 heavy (non-hydrogen) atoms. The highest BCUT2D eigenvalue weighted by atomic mass is 32.2. The van der Waals surface area contributed by atoms with E-state index in [-0.39, 0.29) is 29.3 Å². The van der Waals surface area contributed by atoms with Crippen LogP contribution >= 0.6 is 11.8 Å². The third-order valence-electron chi connectivity index (χ3n) is 5.31. The number of carbonyl (C=O) groups is 4. The van der Waals surface area contributed by atoms with Crippen LogP contribution in [-0.4, -0.2) is 73.7 Å². The Kier molecular flexibility index (Phi) is 7.55. The largest absolute Gasteiger partial charge is 0.490 e. The average Bonchev–Trinajstić information content (AvgIpc) is 3.11. The van der Waals surface area contributed by atoms with Crippen molar-refractivity contribution < 1.29 is 47.0 Å². The molecule has 2 atom stereocenters. The number of hydrogen-bond donors (Lipinski definition) is 3. The number of halogens is 4. The molecule has 3 heterocycles. The molecule has 0 bridgehead atoms. The molecule has 9 nitrogen and oxygen atoms in total. The first-order valence-corrected chi connectivity index (χ1v) is 11.1. The Labute approximate surface area is 199 Å². The number of carbonyl (C=O) groups excluding carboxylic acids is 2. The summed E-state index contributed by atoms with van der Waals surface area (Å²) >= 11 is 1.39. The maximum Gasteiger partial charge on any atom is 0.490 e. The summed E-state index contributed by atoms with van der Waals surface area (Å²) in [4.78, 5) is 48.2. The number of aliphatic carboxylic acids is 2. The smallest absolute Gasteiger partial charge is 0.477 e. The normalized spacial score (nSPS) is 23.1. The minimum Gasteiger partial charge on any atom is -0.477 e. The molecule has 14 heteroatoms. The average molecular weight is 517 g/mol. The van der Waals surface area contributed by atoms with Gasteiger partial charge in [-0.1, -0.05) is 12.1 Å². The quantitative estimate of drug-likeness (QED) is 0.311. The zero-order valence-corrected chi connectivity index (χ0v) is 18.6. The van der Waals surface area contributed by atoms with E-state index in [1.807, 2.05) is 0 Å². The van der Waals surface area contributed by atoms with E-state index in [0.717, 1.165) is 0 Å². The van der Waals surface area contributed by atoms with Crippen LogP contribution in [0, 0.1) is 5.82 Å². The number of amides is 2. The molecule has 0 radical (unpaired) electrons. The van der Waals surface area contributed by atoms with Crippen LogP contribution in [0.3, 0.4) is 0 Å². The fraction of sp³-hybridized carbons (Fsp3) is 0.333. The van der Waals surface area contributed by atoms with Gasteiger partial charge in [-0.25, -0.2) is 14.0 Å². The maximum absolute atomic E-state index is 13.4. The molecule has 0 unspecified atom stereocenters. The first-order valence-electron chi connectivity index (χ1n) is 10.0. The lowest BCUT2D eigenvalue weighted by Crippen LogP contribution is -2.68. The Morgan fingerprint density at radius 1 is 1.23 bits per heavy atom. The van der Waals surface area contributed by atoms with E-state index in [1.165, 1.54) is 28.8 Å². The molecule has 3 aliphatic heterocycles. The molecule has 2 amide bonds. The van der Waals surface area contributed by atoms with Crippen LogP contribution in [-0.2, 0) is 25.7 Å². The highest BCUT2D eigenvalue weighted by molar-refractivity contribution is 8.00. The van der Waals surface area contributed by atoms with Crippen LogP contribution < -0.4 is 5.73 Å². The number of carboxylic acid groups (broad SMARTS) is 2. The van der Waals surface area contributed by atoms with Gasteiger partial charge in [-0.15, -0.1) is 11.8 Å². The molecule has 188 valence electrons. The van der Waals surface area contributed by atoms with Crippen molar-refractivity contribution in [3.05, 3.63) is 58.6 Å². The molecule has 1 aromatic carbocycles. The standard InChI is InChI=1S/C19H18FN3O4S.C2HF3O2/c20-13-3-1-2-10(6-13)8-22-5-4-11(16(22)24)7-12-9-28-18-14(21)17(25)23(18)15(12)19(26)27;3-2(4,5)1(6)7/h1-3,6-7,14,18H,4-5,8-9,21H2,(H,26,27);(H,6,7)/b11-7+;/t14-,18-;/m1./s1. The van der Waals surface area contributed by atoms with Crippen molar-refractivity contribution in [3.8, 4) is 0 Å². The molecular weight excluding hydrogens is 498 g/mol. The summed E-state index contributed by atoms with van der Waals surface area (Å²) in [6, 6.07) is 5.38. The second-order valence-corrected chi connectivity index (χ2v) is 8.80. The van der Waals surface area contributed by atoms with Gasteiger partial charge < -0.3 is 20.8 Å². The van der Waals surface area contributed by atoms with Crippen molar-refractivity contribution in [2.45, 2.75) is 30.6 Å². The molecule has 4 N–H and O–H groups in total. The second-order valence-electron chi connectivity index (χ2n) is 7.69. The lowest BCUT2D eigenvalue weighted by Gasteiger charge is -2.47. The zero-order valence-electron chi connectivity index (χ0n) is 17.8. The summed E-state index contributed by atoms with van der Waals surface area (Å²) in [6.45, 7) is 0.759. The highest BCUT2D eigenvalue weighted by Gasteiger charge is 2.51. The summed E-state index contributed by atoms with van der Waals surface area (Å²) in [6.07, 6.45) is -3.04. The molecular formula is C21H19F4N3O6S. The van der Waals surface area contributed by atoms with E-state index >= 15 is 0 Å². The number of allylic oxidation sites excluding steroid dienone is 1. The van der Waals surface area contributed by atoms with Crippen LogP contribution in [0.5, 0.6) is 0 Å². The van der Waals surface area contributed by atoms with Crippen molar-refractivity contribution in [2.24, 2.45) is 5.73 Å². The Bertz CT molecular complexity index is 1140. The second kappa shape index (κ2) is 10.1. The molecule has 0 saturated carbocycles. The van der Waals surface area contributed by atoms with Gasteiger partial charge in [0.1, 0.15) is 22.9 Å². The number of fused-ring (bicyclic) bond motifs is 1. The van der Waals surface area contributed by atoms with Crippen LogP contribution in [0.25, 0.3) is 0 Å². The SMILES string of the molecule is N[C@@H]1C(=O)N2C(C(=O)O)=C(/C=C3\CCN(Cc4cccc(F)c4)C3=O)CS[C@H]12.O=C(O)C(F)(F)F. The lowest BCUT2D eigenvalue weighted by atomic mass is 10.0. The molecule has 2 saturated heterocycles. The van der Waals surface area contributed by atoms with Gasteiger partial charge in [0.05, 0.1) is 0 Å². The summed E-state index contributed by atoms with van der Waals surface area (Å²) in [5.41, 5.74) is 7.26. The summed E-state index contributed by atoms with van der Waals surface area (Å²) in [5, 5.41) is 16.3. The van der Waals surface area contributed by atoms with E-state index in [1.54, 1.807) is 23.1 Å². The van der Waals surface area contributed by atoms with Crippen LogP contribution in [0.4, 0.5) is 17.6 Å². The molecule has 0 spiro atoms. The first kappa shape index (κ1) is 26.2. The summed E-state index contributed by atoms with van der Waals surface area (Å²) in [5.74, 6) is -4.59. The molecule has 2 fully saturated rings. The van der Waals surface area contributed by atoms with Gasteiger partial charge in [0, 0.05) is 24.4 Å². The fourth-order valence-corrected chi connectivity index (χ4v) is 4.92. The van der Waals surface area contributed by atoms with Crippen LogP contribution in [0.1, 0.15) is 12.0 Å². The number of rotatable bonds is 4. The molecule has 0 aliphatic carbocycles. The van der Waals surface area contributed by atoms with E-state index < -0.39 is 30.1 Å². The minimum absolute atomic E-state index is 0.0978. The first-order chi connectivity index (χ1) is 16.3. The summed E-state index contributed by atoms with van der Waals surface area (Å²) < 4.78 is 45.1. The van der Waals surface area contributed by atoms with E-state index in [9.17, 15) is 37.1 Å². The van der Waals surface area contributed by atoms with Crippen LogP contribution in [0.15, 0.2) is 47.2 Å². The monoisotopic (exact) mass is 517 g/mol. The Morgan fingerprint density at radius 3 is 2.46 bits per heavy atom. The number of thioether (sulfide) groups is 1. The number of nitrogens with zero attached hydrogens (tertiary/aromatic N) is 2. The minimum atomic E-state index is -5.08. The van der Waals surface area contributed by atoms with Crippen molar-refractivity contribution in [3.63, 3.8) is 0 Å². The summed E-state index contributed by atoms with van der Waals surface area (Å²) in [7, 11) is 0. The van der Waals surface area contributed by atoms with Gasteiger partial charge in [0.15, 0.2) is 0 Å². The number of β-lactam (4-membered cyclic amide) rings is 1. The van der Waals surface area contributed by atoms with Gasteiger partial charge in [-0.3, -0.25) is 14.5 Å². The van der Waals surface area contributed by atoms with Crippen molar-refractivity contribution >= 4 is 35.5 Å². The van der Waals surface area contributed by atoms with Crippen LogP contribution in [0.2, 0.25) is 0 Å². The molecule has 1 aromatic rings.